The van der Waals surface area contributed by atoms with Crippen molar-refractivity contribution < 1.29 is 4.43 Å². The van der Waals surface area contributed by atoms with Crippen LogP contribution in [0.2, 0.25) is 18.1 Å². The molecule has 0 bridgehead atoms. The van der Waals surface area contributed by atoms with E-state index in [1.54, 1.807) is 0 Å². The maximum absolute atomic E-state index is 6.39. The molecule has 1 nitrogen and oxygen atoms in total. The molecule has 1 aliphatic carbocycles. The maximum Gasteiger partial charge on any atom is 0.192 e. The van der Waals surface area contributed by atoms with Crippen LogP contribution in [0, 0.1) is 0 Å². The van der Waals surface area contributed by atoms with E-state index >= 15 is 0 Å². The van der Waals surface area contributed by atoms with Gasteiger partial charge in [0.25, 0.3) is 0 Å². The fourth-order valence-corrected chi connectivity index (χ4v) is 3.07. The lowest BCUT2D eigenvalue weighted by Gasteiger charge is -2.41. The van der Waals surface area contributed by atoms with Crippen LogP contribution in [0.1, 0.15) is 46.5 Å². The fraction of sp³-hybridized carbons (Fsp3) is 0.846. The summed E-state index contributed by atoms with van der Waals surface area (Å²) >= 11 is 0. The summed E-state index contributed by atoms with van der Waals surface area (Å²) in [7, 11) is -1.59. The van der Waals surface area contributed by atoms with Crippen LogP contribution in [0.4, 0.5) is 0 Å². The van der Waals surface area contributed by atoms with Crippen LogP contribution in [-0.2, 0) is 4.43 Å². The van der Waals surface area contributed by atoms with Gasteiger partial charge in [0.05, 0.1) is 6.10 Å². The molecule has 88 valence electrons. The standard InChI is InChI=1S/C13H26OSi/c1-11-9-7-8-10-12(11)14-15(5,6)13(2,3)4/h12H,1,7-10H2,2-6H3/t12-/m1/s1. The van der Waals surface area contributed by atoms with Crippen LogP contribution in [0.5, 0.6) is 0 Å². The Bertz CT molecular complexity index is 237. The zero-order chi connectivity index (χ0) is 11.7. The average Bonchev–Trinajstić information content (AvgIpc) is 2.06. The summed E-state index contributed by atoms with van der Waals surface area (Å²) in [5, 5.41) is 0.310. The normalized spacial score (nSPS) is 24.3. The van der Waals surface area contributed by atoms with E-state index in [0.29, 0.717) is 11.1 Å². The first kappa shape index (κ1) is 13.0. The molecular weight excluding hydrogens is 200 g/mol. The van der Waals surface area contributed by atoms with Crippen molar-refractivity contribution in [1.29, 1.82) is 0 Å². The first-order valence-electron chi connectivity index (χ1n) is 6.09. The molecule has 15 heavy (non-hydrogen) atoms. The van der Waals surface area contributed by atoms with Gasteiger partial charge in [0.2, 0.25) is 0 Å². The highest BCUT2D eigenvalue weighted by Crippen LogP contribution is 2.39. The highest BCUT2D eigenvalue weighted by atomic mass is 28.4. The van der Waals surface area contributed by atoms with E-state index < -0.39 is 8.32 Å². The van der Waals surface area contributed by atoms with E-state index in [4.69, 9.17) is 4.43 Å². The fourth-order valence-electron chi connectivity index (χ4n) is 1.72. The van der Waals surface area contributed by atoms with E-state index in [9.17, 15) is 0 Å². The van der Waals surface area contributed by atoms with Crippen LogP contribution < -0.4 is 0 Å². The van der Waals surface area contributed by atoms with E-state index in [0.717, 1.165) is 0 Å². The Labute approximate surface area is 96.0 Å². The summed E-state index contributed by atoms with van der Waals surface area (Å²) in [6.07, 6.45) is 5.30. The predicted octanol–water partition coefficient (Wildman–Crippen LogP) is 4.51. The van der Waals surface area contributed by atoms with E-state index in [1.807, 2.05) is 0 Å². The van der Waals surface area contributed by atoms with E-state index in [2.05, 4.69) is 40.4 Å². The summed E-state index contributed by atoms with van der Waals surface area (Å²) in [5.41, 5.74) is 1.33. The molecule has 1 aliphatic rings. The average molecular weight is 226 g/mol. The van der Waals surface area contributed by atoms with Gasteiger partial charge in [-0.1, -0.05) is 39.3 Å². The Balaban J connectivity index is 2.63. The van der Waals surface area contributed by atoms with Gasteiger partial charge < -0.3 is 4.43 Å². The van der Waals surface area contributed by atoms with E-state index in [-0.39, 0.29) is 0 Å². The first-order chi connectivity index (χ1) is 6.74. The molecular formula is C13H26OSi. The molecule has 0 saturated heterocycles. The zero-order valence-corrected chi connectivity index (χ0v) is 12.0. The molecule has 1 fully saturated rings. The molecule has 0 heterocycles. The summed E-state index contributed by atoms with van der Waals surface area (Å²) in [5.74, 6) is 0. The molecule has 1 saturated carbocycles. The molecule has 1 rings (SSSR count). The highest BCUT2D eigenvalue weighted by Gasteiger charge is 2.39. The van der Waals surface area contributed by atoms with Gasteiger partial charge in [0.15, 0.2) is 8.32 Å². The SMILES string of the molecule is C=C1CCCC[C@H]1O[Si](C)(C)C(C)(C)C. The Morgan fingerprint density at radius 3 is 2.33 bits per heavy atom. The molecule has 0 aliphatic heterocycles. The lowest BCUT2D eigenvalue weighted by molar-refractivity contribution is 0.184. The first-order valence-corrected chi connectivity index (χ1v) is 9.00. The van der Waals surface area contributed by atoms with Crippen molar-refractivity contribution >= 4 is 8.32 Å². The molecule has 0 unspecified atom stereocenters. The summed E-state index contributed by atoms with van der Waals surface area (Å²) < 4.78 is 6.39. The smallest absolute Gasteiger partial charge is 0.192 e. The number of hydrogen-bond acceptors (Lipinski definition) is 1. The third kappa shape index (κ3) is 3.18. The monoisotopic (exact) mass is 226 g/mol. The molecule has 0 amide bonds. The Hall–Kier alpha value is -0.0831. The molecule has 0 aromatic heterocycles. The molecule has 2 heteroatoms. The van der Waals surface area contributed by atoms with Gasteiger partial charge >= 0.3 is 0 Å². The molecule has 0 radical (unpaired) electrons. The summed E-state index contributed by atoms with van der Waals surface area (Å²) in [6, 6.07) is 0. The van der Waals surface area contributed by atoms with Crippen LogP contribution >= 0.6 is 0 Å². The van der Waals surface area contributed by atoms with Gasteiger partial charge in [-0.15, -0.1) is 0 Å². The van der Waals surface area contributed by atoms with Gasteiger partial charge in [0, 0.05) is 0 Å². The third-order valence-electron chi connectivity index (χ3n) is 3.91. The van der Waals surface area contributed by atoms with Gasteiger partial charge in [-0.25, -0.2) is 0 Å². The highest BCUT2D eigenvalue weighted by molar-refractivity contribution is 6.74. The van der Waals surface area contributed by atoms with Crippen molar-refractivity contribution in [3.8, 4) is 0 Å². The van der Waals surface area contributed by atoms with Crippen molar-refractivity contribution in [2.75, 3.05) is 0 Å². The van der Waals surface area contributed by atoms with E-state index in [1.165, 1.54) is 31.3 Å². The number of rotatable bonds is 2. The van der Waals surface area contributed by atoms with Crippen LogP contribution in [0.25, 0.3) is 0 Å². The lowest BCUT2D eigenvalue weighted by atomic mass is 9.94. The molecule has 0 aromatic rings. The van der Waals surface area contributed by atoms with Crippen molar-refractivity contribution in [2.45, 2.75) is 70.7 Å². The van der Waals surface area contributed by atoms with Crippen molar-refractivity contribution in [3.05, 3.63) is 12.2 Å². The maximum atomic E-state index is 6.39. The minimum absolute atomic E-state index is 0.310. The Morgan fingerprint density at radius 2 is 1.87 bits per heavy atom. The zero-order valence-electron chi connectivity index (χ0n) is 11.0. The largest absolute Gasteiger partial charge is 0.410 e. The van der Waals surface area contributed by atoms with Crippen molar-refractivity contribution in [3.63, 3.8) is 0 Å². The van der Waals surface area contributed by atoms with Gasteiger partial charge in [-0.05, 0) is 37.4 Å². The lowest BCUT2D eigenvalue weighted by Crippen LogP contribution is -2.44. The minimum atomic E-state index is -1.59. The molecule has 0 aromatic carbocycles. The molecule has 0 N–H and O–H groups in total. The minimum Gasteiger partial charge on any atom is -0.410 e. The van der Waals surface area contributed by atoms with Gasteiger partial charge in [-0.2, -0.15) is 0 Å². The van der Waals surface area contributed by atoms with Gasteiger partial charge in [0.1, 0.15) is 0 Å². The van der Waals surface area contributed by atoms with Crippen molar-refractivity contribution in [1.82, 2.24) is 0 Å². The second-order valence-electron chi connectivity index (χ2n) is 6.27. The van der Waals surface area contributed by atoms with Crippen LogP contribution in [0.3, 0.4) is 0 Å². The summed E-state index contributed by atoms with van der Waals surface area (Å²) in [6.45, 7) is 15.7. The predicted molar refractivity (Wildman–Crippen MR) is 69.7 cm³/mol. The second kappa shape index (κ2) is 4.42. The second-order valence-corrected chi connectivity index (χ2v) is 11.0. The van der Waals surface area contributed by atoms with Crippen molar-refractivity contribution in [2.24, 2.45) is 0 Å². The van der Waals surface area contributed by atoms with Gasteiger partial charge in [-0.3, -0.25) is 0 Å². The number of hydrogen-bond donors (Lipinski definition) is 0. The quantitative estimate of drug-likeness (QED) is 0.497. The Morgan fingerprint density at radius 1 is 1.27 bits per heavy atom. The summed E-state index contributed by atoms with van der Waals surface area (Å²) in [4.78, 5) is 0. The molecule has 1 atom stereocenters. The topological polar surface area (TPSA) is 9.23 Å². The van der Waals surface area contributed by atoms with Crippen LogP contribution in [-0.4, -0.2) is 14.4 Å². The van der Waals surface area contributed by atoms with Crippen LogP contribution in [0.15, 0.2) is 12.2 Å². The third-order valence-corrected chi connectivity index (χ3v) is 8.40. The molecule has 0 spiro atoms. The Kier molecular flexibility index (Phi) is 3.83.